The average Bonchev–Trinajstić information content (AvgIpc) is 3.45. The number of carbonyl (C=O) groups is 1. The molecule has 4 aliphatic rings. The first kappa shape index (κ1) is 24.0. The van der Waals surface area contributed by atoms with Gasteiger partial charge in [-0.2, -0.15) is 0 Å². The van der Waals surface area contributed by atoms with E-state index in [0.29, 0.717) is 0 Å². The summed E-state index contributed by atoms with van der Waals surface area (Å²) in [5, 5.41) is 0. The van der Waals surface area contributed by atoms with E-state index in [1.165, 1.54) is 75.8 Å². The molecule has 2 atom stereocenters. The van der Waals surface area contributed by atoms with Gasteiger partial charge in [-0.1, -0.05) is 12.1 Å². The number of ketones is 1. The van der Waals surface area contributed by atoms with Crippen LogP contribution in [0.3, 0.4) is 0 Å². The van der Waals surface area contributed by atoms with E-state index >= 15 is 0 Å². The van der Waals surface area contributed by atoms with Crippen molar-refractivity contribution in [2.75, 3.05) is 53.4 Å². The summed E-state index contributed by atoms with van der Waals surface area (Å²) >= 11 is 0. The fourth-order valence-electron chi connectivity index (χ4n) is 7.17. The molecule has 0 saturated carbocycles. The number of carbonyl (C=O) groups excluding carboxylic acids is 1. The van der Waals surface area contributed by atoms with Gasteiger partial charge in [0.2, 0.25) is 0 Å². The topological polar surface area (TPSA) is 35.5 Å². The molecule has 192 valence electrons. The third kappa shape index (κ3) is 4.92. The SMILES string of the molecule is C[N+]1(CC2Cc3cc(C(=O)c4ccc5c(c4)OC(C[N+]4(C)CCCCC4)C5)ccc3O2)CCCCC1. The average molecular weight is 491 g/mol. The minimum atomic E-state index is 0.0705. The maximum Gasteiger partial charge on any atom is 0.193 e. The zero-order valence-corrected chi connectivity index (χ0v) is 22.1. The molecule has 0 aromatic heterocycles. The number of hydrogen-bond acceptors (Lipinski definition) is 3. The first-order chi connectivity index (χ1) is 17.4. The van der Waals surface area contributed by atoms with E-state index in [2.05, 4.69) is 26.2 Å². The van der Waals surface area contributed by atoms with E-state index in [-0.39, 0.29) is 18.0 Å². The van der Waals surface area contributed by atoms with Crippen molar-refractivity contribution < 1.29 is 23.2 Å². The van der Waals surface area contributed by atoms with Crippen molar-refractivity contribution >= 4 is 5.78 Å². The summed E-state index contributed by atoms with van der Waals surface area (Å²) in [6, 6.07) is 12.1. The molecule has 4 aliphatic heterocycles. The van der Waals surface area contributed by atoms with Gasteiger partial charge in [0.1, 0.15) is 24.6 Å². The van der Waals surface area contributed by atoms with E-state index in [1.807, 2.05) is 24.3 Å². The normalized spacial score (nSPS) is 25.9. The predicted molar refractivity (Wildman–Crippen MR) is 142 cm³/mol. The summed E-state index contributed by atoms with van der Waals surface area (Å²) in [6.07, 6.45) is 10.3. The van der Waals surface area contributed by atoms with Crippen LogP contribution < -0.4 is 9.47 Å². The summed E-state index contributed by atoms with van der Waals surface area (Å²) in [6.45, 7) is 7.11. The standard InChI is InChI=1S/C31H42N2O3/c1-32(13-5-3-6-14-32)21-27-18-23-9-10-25(20-30(23)36-27)31(34)24-11-12-29-26(17-24)19-28(35-29)22-33(2)15-7-4-8-16-33/h9-12,17,20,27-28H,3-8,13-16,18-19,21-22H2,1-2H3/q+2. The van der Waals surface area contributed by atoms with Crippen LogP contribution in [0.25, 0.3) is 0 Å². The van der Waals surface area contributed by atoms with Gasteiger partial charge >= 0.3 is 0 Å². The Kier molecular flexibility index (Phi) is 6.33. The Hall–Kier alpha value is -2.37. The molecule has 2 aromatic carbocycles. The molecule has 2 aromatic rings. The number of nitrogens with zero attached hydrogens (tertiary/aromatic N) is 2. The zero-order valence-electron chi connectivity index (χ0n) is 22.1. The van der Waals surface area contributed by atoms with Gasteiger partial charge in [0.05, 0.1) is 40.3 Å². The minimum absolute atomic E-state index is 0.0705. The predicted octanol–water partition coefficient (Wildman–Crippen LogP) is 4.79. The van der Waals surface area contributed by atoms with Crippen molar-refractivity contribution in [3.05, 3.63) is 58.7 Å². The quantitative estimate of drug-likeness (QED) is 0.432. The lowest BCUT2D eigenvalue weighted by molar-refractivity contribution is -0.916. The van der Waals surface area contributed by atoms with E-state index in [1.54, 1.807) is 0 Å². The molecule has 0 radical (unpaired) electrons. The van der Waals surface area contributed by atoms with Gasteiger partial charge < -0.3 is 18.4 Å². The molecule has 6 rings (SSSR count). The van der Waals surface area contributed by atoms with Crippen LogP contribution in [0.15, 0.2) is 36.4 Å². The van der Waals surface area contributed by atoms with Crippen LogP contribution in [0.5, 0.6) is 11.5 Å². The highest BCUT2D eigenvalue weighted by molar-refractivity contribution is 6.09. The van der Waals surface area contributed by atoms with Crippen molar-refractivity contribution in [3.8, 4) is 11.5 Å². The molecule has 5 heteroatoms. The van der Waals surface area contributed by atoms with Crippen LogP contribution in [0.2, 0.25) is 0 Å². The summed E-state index contributed by atoms with van der Waals surface area (Å²) in [5.41, 5.74) is 3.87. The Morgan fingerprint density at radius 3 is 1.86 bits per heavy atom. The molecular weight excluding hydrogens is 448 g/mol. The van der Waals surface area contributed by atoms with Gasteiger partial charge in [0, 0.05) is 24.0 Å². The Morgan fingerprint density at radius 1 is 0.694 bits per heavy atom. The Morgan fingerprint density at radius 2 is 1.22 bits per heavy atom. The van der Waals surface area contributed by atoms with Crippen molar-refractivity contribution in [2.24, 2.45) is 0 Å². The van der Waals surface area contributed by atoms with Gasteiger partial charge in [0.25, 0.3) is 0 Å². The van der Waals surface area contributed by atoms with Gasteiger partial charge in [-0.15, -0.1) is 0 Å². The van der Waals surface area contributed by atoms with Crippen LogP contribution in [-0.2, 0) is 12.8 Å². The number of likely N-dealkylation sites (N-methyl/N-ethyl adjacent to an activating group) is 2. The van der Waals surface area contributed by atoms with E-state index < -0.39 is 0 Å². The first-order valence-corrected chi connectivity index (χ1v) is 14.2. The Bertz CT molecular complexity index is 1040. The number of benzene rings is 2. The third-order valence-electron chi connectivity index (χ3n) is 9.22. The first-order valence-electron chi connectivity index (χ1n) is 14.2. The second-order valence-corrected chi connectivity index (χ2v) is 12.5. The molecule has 4 heterocycles. The number of ether oxygens (including phenoxy) is 2. The maximum absolute atomic E-state index is 13.4. The van der Waals surface area contributed by atoms with Crippen LogP contribution >= 0.6 is 0 Å². The van der Waals surface area contributed by atoms with Crippen molar-refractivity contribution in [1.29, 1.82) is 0 Å². The van der Waals surface area contributed by atoms with Gasteiger partial charge in [0.15, 0.2) is 18.0 Å². The lowest BCUT2D eigenvalue weighted by atomic mass is 9.98. The highest BCUT2D eigenvalue weighted by atomic mass is 16.5. The van der Waals surface area contributed by atoms with E-state index in [9.17, 15) is 4.79 Å². The second-order valence-electron chi connectivity index (χ2n) is 12.5. The fourth-order valence-corrected chi connectivity index (χ4v) is 7.17. The number of hydrogen-bond donors (Lipinski definition) is 0. The molecule has 36 heavy (non-hydrogen) atoms. The molecule has 2 unspecified atom stereocenters. The lowest BCUT2D eigenvalue weighted by Gasteiger charge is -2.39. The minimum Gasteiger partial charge on any atom is -0.484 e. The Balaban J connectivity index is 1.11. The molecule has 0 N–H and O–H groups in total. The van der Waals surface area contributed by atoms with Crippen molar-refractivity contribution in [1.82, 2.24) is 0 Å². The third-order valence-corrected chi connectivity index (χ3v) is 9.22. The molecule has 0 amide bonds. The maximum atomic E-state index is 13.4. The molecule has 5 nitrogen and oxygen atoms in total. The molecule has 0 bridgehead atoms. The largest absolute Gasteiger partial charge is 0.484 e. The highest BCUT2D eigenvalue weighted by Crippen LogP contribution is 2.34. The second kappa shape index (κ2) is 9.50. The lowest BCUT2D eigenvalue weighted by Crippen LogP contribution is -2.52. The summed E-state index contributed by atoms with van der Waals surface area (Å²) < 4.78 is 14.9. The number of fused-ring (bicyclic) bond motifs is 2. The Labute approximate surface area is 216 Å². The summed E-state index contributed by atoms with van der Waals surface area (Å²) in [5.74, 6) is 1.92. The van der Waals surface area contributed by atoms with Crippen molar-refractivity contribution in [3.63, 3.8) is 0 Å². The molecule has 2 fully saturated rings. The zero-order chi connectivity index (χ0) is 24.8. The smallest absolute Gasteiger partial charge is 0.193 e. The summed E-state index contributed by atoms with van der Waals surface area (Å²) in [7, 11) is 4.74. The summed E-state index contributed by atoms with van der Waals surface area (Å²) in [4.78, 5) is 13.4. The van der Waals surface area contributed by atoms with E-state index in [0.717, 1.165) is 57.5 Å². The number of rotatable bonds is 6. The van der Waals surface area contributed by atoms with Gasteiger partial charge in [-0.25, -0.2) is 0 Å². The van der Waals surface area contributed by atoms with Gasteiger partial charge in [-0.05, 0) is 73.9 Å². The fraction of sp³-hybridized carbons (Fsp3) is 0.581. The number of piperidine rings is 2. The molecule has 0 aliphatic carbocycles. The van der Waals surface area contributed by atoms with Crippen LogP contribution in [0.4, 0.5) is 0 Å². The molecule has 2 saturated heterocycles. The van der Waals surface area contributed by atoms with E-state index in [4.69, 9.17) is 9.47 Å². The molecule has 0 spiro atoms. The van der Waals surface area contributed by atoms with Gasteiger partial charge in [-0.3, -0.25) is 4.79 Å². The van der Waals surface area contributed by atoms with Crippen molar-refractivity contribution in [2.45, 2.75) is 63.6 Å². The van der Waals surface area contributed by atoms with Crippen LogP contribution in [0, 0.1) is 0 Å². The van der Waals surface area contributed by atoms with Crippen LogP contribution in [-0.4, -0.2) is 80.3 Å². The number of quaternary nitrogens is 2. The molecular formula is C31H42N2O3+2. The highest BCUT2D eigenvalue weighted by Gasteiger charge is 2.35. The monoisotopic (exact) mass is 490 g/mol. The number of likely N-dealkylation sites (tertiary alicyclic amines) is 2. The van der Waals surface area contributed by atoms with Crippen LogP contribution in [0.1, 0.15) is 65.6 Å².